The lowest BCUT2D eigenvalue weighted by Crippen LogP contribution is -2.34. The van der Waals surface area contributed by atoms with Crippen LogP contribution in [0.4, 0.5) is 4.39 Å². The van der Waals surface area contributed by atoms with Gasteiger partial charge in [0.2, 0.25) is 5.91 Å². The number of benzene rings is 1. The summed E-state index contributed by atoms with van der Waals surface area (Å²) in [6.07, 6.45) is 0.730. The molecule has 0 aliphatic heterocycles. The highest BCUT2D eigenvalue weighted by Crippen LogP contribution is 2.17. The van der Waals surface area contributed by atoms with Crippen molar-refractivity contribution in [2.24, 2.45) is 0 Å². The second-order valence-corrected chi connectivity index (χ2v) is 4.76. The molecule has 1 aromatic carbocycles. The largest absolute Gasteiger partial charge is 0.396 e. The van der Waals surface area contributed by atoms with Gasteiger partial charge in [-0.15, -0.1) is 0 Å². The van der Waals surface area contributed by atoms with Crippen LogP contribution in [0.25, 0.3) is 0 Å². The number of hydrogen-bond donors (Lipinski definition) is 2. The summed E-state index contributed by atoms with van der Waals surface area (Å²) in [5.41, 5.74) is 0.743. The van der Waals surface area contributed by atoms with Gasteiger partial charge < -0.3 is 10.4 Å². The van der Waals surface area contributed by atoms with Crippen LogP contribution in [0.3, 0.4) is 0 Å². The topological polar surface area (TPSA) is 49.3 Å². The number of carbonyl (C=O) groups is 1. The van der Waals surface area contributed by atoms with Crippen LogP contribution < -0.4 is 5.32 Å². The molecule has 0 spiro atoms. The SMILES string of the molecule is CC(CCO)NC(=O)Cc1ccc(F)c(Br)c1. The molecular formula is C12H15BrFNO2. The predicted octanol–water partition coefficient (Wildman–Crippen LogP) is 2.02. The number of aliphatic hydroxyl groups excluding tert-OH is 1. The van der Waals surface area contributed by atoms with E-state index in [1.54, 1.807) is 12.1 Å². The van der Waals surface area contributed by atoms with Crippen molar-refractivity contribution in [1.29, 1.82) is 0 Å². The number of rotatable bonds is 5. The first-order chi connectivity index (χ1) is 8.02. The molecule has 0 aromatic heterocycles. The Bertz CT molecular complexity index is 398. The van der Waals surface area contributed by atoms with Gasteiger partial charge in [0.1, 0.15) is 5.82 Å². The number of carbonyl (C=O) groups excluding carboxylic acids is 1. The summed E-state index contributed by atoms with van der Waals surface area (Å²) >= 11 is 3.07. The highest BCUT2D eigenvalue weighted by atomic mass is 79.9. The Morgan fingerprint density at radius 3 is 2.88 bits per heavy atom. The standard InChI is InChI=1S/C12H15BrFNO2/c1-8(4-5-16)15-12(17)7-9-2-3-11(14)10(13)6-9/h2-3,6,8,16H,4-5,7H2,1H3,(H,15,17). The molecule has 94 valence electrons. The molecule has 3 nitrogen and oxygen atoms in total. The second kappa shape index (κ2) is 6.71. The van der Waals surface area contributed by atoms with E-state index >= 15 is 0 Å². The van der Waals surface area contributed by atoms with Crippen molar-refractivity contribution >= 4 is 21.8 Å². The van der Waals surface area contributed by atoms with Gasteiger partial charge in [0.25, 0.3) is 0 Å². The van der Waals surface area contributed by atoms with Gasteiger partial charge in [0, 0.05) is 12.6 Å². The summed E-state index contributed by atoms with van der Waals surface area (Å²) in [4.78, 5) is 11.6. The van der Waals surface area contributed by atoms with Crippen LogP contribution in [0.2, 0.25) is 0 Å². The Morgan fingerprint density at radius 1 is 1.59 bits per heavy atom. The molecule has 1 atom stereocenters. The fourth-order valence-electron chi connectivity index (χ4n) is 1.43. The smallest absolute Gasteiger partial charge is 0.224 e. The molecule has 0 bridgehead atoms. The molecule has 0 heterocycles. The van der Waals surface area contributed by atoms with Gasteiger partial charge in [-0.25, -0.2) is 4.39 Å². The van der Waals surface area contributed by atoms with E-state index < -0.39 is 0 Å². The molecule has 0 radical (unpaired) electrons. The third-order valence-electron chi connectivity index (χ3n) is 2.32. The zero-order valence-electron chi connectivity index (χ0n) is 9.54. The van der Waals surface area contributed by atoms with Crippen molar-refractivity contribution in [2.45, 2.75) is 25.8 Å². The van der Waals surface area contributed by atoms with E-state index in [0.717, 1.165) is 5.56 Å². The Labute approximate surface area is 108 Å². The zero-order valence-corrected chi connectivity index (χ0v) is 11.1. The van der Waals surface area contributed by atoms with Crippen molar-refractivity contribution < 1.29 is 14.3 Å². The van der Waals surface area contributed by atoms with Crippen LogP contribution in [0, 0.1) is 5.82 Å². The molecule has 0 fully saturated rings. The van der Waals surface area contributed by atoms with E-state index in [1.165, 1.54) is 6.07 Å². The maximum atomic E-state index is 13.0. The van der Waals surface area contributed by atoms with Crippen molar-refractivity contribution in [3.05, 3.63) is 34.1 Å². The van der Waals surface area contributed by atoms with E-state index in [4.69, 9.17) is 5.11 Å². The van der Waals surface area contributed by atoms with Gasteiger partial charge in [0.05, 0.1) is 10.9 Å². The third-order valence-corrected chi connectivity index (χ3v) is 2.93. The molecule has 0 saturated heterocycles. The van der Waals surface area contributed by atoms with E-state index in [2.05, 4.69) is 21.2 Å². The van der Waals surface area contributed by atoms with E-state index in [1.807, 2.05) is 6.92 Å². The lowest BCUT2D eigenvalue weighted by molar-refractivity contribution is -0.121. The van der Waals surface area contributed by atoms with Crippen LogP contribution in [0.15, 0.2) is 22.7 Å². The minimum absolute atomic E-state index is 0.0452. The van der Waals surface area contributed by atoms with Crippen LogP contribution >= 0.6 is 15.9 Å². The van der Waals surface area contributed by atoms with Crippen molar-refractivity contribution in [1.82, 2.24) is 5.32 Å². The number of aliphatic hydroxyl groups is 1. The summed E-state index contributed by atoms with van der Waals surface area (Å²) in [5, 5.41) is 11.5. The molecule has 0 saturated carbocycles. The molecule has 0 aliphatic rings. The molecule has 0 aliphatic carbocycles. The van der Waals surface area contributed by atoms with Gasteiger partial charge in [-0.1, -0.05) is 6.07 Å². The molecule has 1 rings (SSSR count). The minimum Gasteiger partial charge on any atom is -0.396 e. The molecule has 17 heavy (non-hydrogen) atoms. The van der Waals surface area contributed by atoms with E-state index in [-0.39, 0.29) is 30.8 Å². The van der Waals surface area contributed by atoms with Gasteiger partial charge in [-0.3, -0.25) is 4.79 Å². The molecule has 1 aromatic rings. The van der Waals surface area contributed by atoms with E-state index in [9.17, 15) is 9.18 Å². The average molecular weight is 304 g/mol. The fourth-order valence-corrected chi connectivity index (χ4v) is 1.85. The van der Waals surface area contributed by atoms with Gasteiger partial charge in [-0.2, -0.15) is 0 Å². The first kappa shape index (κ1) is 14.1. The molecule has 1 unspecified atom stereocenters. The quantitative estimate of drug-likeness (QED) is 0.874. The summed E-state index contributed by atoms with van der Waals surface area (Å²) in [6, 6.07) is 4.43. The number of amides is 1. The monoisotopic (exact) mass is 303 g/mol. The highest BCUT2D eigenvalue weighted by Gasteiger charge is 2.09. The van der Waals surface area contributed by atoms with Crippen LogP contribution in [-0.2, 0) is 11.2 Å². The third kappa shape index (κ3) is 4.83. The zero-order chi connectivity index (χ0) is 12.8. The maximum Gasteiger partial charge on any atom is 0.224 e. The Kier molecular flexibility index (Phi) is 5.58. The first-order valence-corrected chi connectivity index (χ1v) is 6.16. The average Bonchev–Trinajstić information content (AvgIpc) is 2.23. The van der Waals surface area contributed by atoms with Crippen LogP contribution in [0.5, 0.6) is 0 Å². The normalized spacial score (nSPS) is 12.2. The van der Waals surface area contributed by atoms with Gasteiger partial charge in [-0.05, 0) is 47.0 Å². The van der Waals surface area contributed by atoms with Crippen molar-refractivity contribution in [2.75, 3.05) is 6.61 Å². The number of hydrogen-bond acceptors (Lipinski definition) is 2. The number of halogens is 2. The van der Waals surface area contributed by atoms with Crippen LogP contribution in [-0.4, -0.2) is 23.7 Å². The summed E-state index contributed by atoms with van der Waals surface area (Å²) in [7, 11) is 0. The van der Waals surface area contributed by atoms with Crippen molar-refractivity contribution in [3.8, 4) is 0 Å². The van der Waals surface area contributed by atoms with Crippen LogP contribution in [0.1, 0.15) is 18.9 Å². The van der Waals surface area contributed by atoms with Gasteiger partial charge in [0.15, 0.2) is 0 Å². The Hall–Kier alpha value is -0.940. The fraction of sp³-hybridized carbons (Fsp3) is 0.417. The predicted molar refractivity (Wildman–Crippen MR) is 67.1 cm³/mol. The Morgan fingerprint density at radius 2 is 2.29 bits per heavy atom. The summed E-state index contributed by atoms with van der Waals surface area (Å²) < 4.78 is 13.3. The number of nitrogens with one attached hydrogen (secondary N) is 1. The summed E-state index contributed by atoms with van der Waals surface area (Å²) in [5.74, 6) is -0.479. The minimum atomic E-state index is -0.345. The lowest BCUT2D eigenvalue weighted by atomic mass is 10.1. The lowest BCUT2D eigenvalue weighted by Gasteiger charge is -2.12. The molecule has 2 N–H and O–H groups in total. The maximum absolute atomic E-state index is 13.0. The molecular weight excluding hydrogens is 289 g/mol. The van der Waals surface area contributed by atoms with Crippen molar-refractivity contribution in [3.63, 3.8) is 0 Å². The first-order valence-electron chi connectivity index (χ1n) is 5.37. The molecule has 5 heteroatoms. The second-order valence-electron chi connectivity index (χ2n) is 3.91. The van der Waals surface area contributed by atoms with Gasteiger partial charge >= 0.3 is 0 Å². The highest BCUT2D eigenvalue weighted by molar-refractivity contribution is 9.10. The Balaban J connectivity index is 2.53. The summed E-state index contributed by atoms with van der Waals surface area (Å²) in [6.45, 7) is 1.87. The molecule has 1 amide bonds. The van der Waals surface area contributed by atoms with E-state index in [0.29, 0.717) is 10.9 Å².